The van der Waals surface area contributed by atoms with Gasteiger partial charge in [0.1, 0.15) is 18.3 Å². The molecule has 1 fully saturated rings. The van der Waals surface area contributed by atoms with Crippen molar-refractivity contribution in [3.05, 3.63) is 98.1 Å². The monoisotopic (exact) mass is 879 g/mol. The van der Waals surface area contributed by atoms with Crippen LogP contribution in [0.25, 0.3) is 0 Å². The maximum atomic E-state index is 13.9. The zero-order valence-electron chi connectivity index (χ0n) is 40.0. The molecule has 0 bridgehead atoms. The number of ether oxygens (including phenoxy) is 2. The molecule has 1 aliphatic rings. The molecule has 2 aromatic carbocycles. The van der Waals surface area contributed by atoms with E-state index in [1.807, 2.05) is 19.1 Å². The van der Waals surface area contributed by atoms with E-state index in [2.05, 4.69) is 169 Å². The summed E-state index contributed by atoms with van der Waals surface area (Å²) in [6.45, 7) is 41.7. The van der Waals surface area contributed by atoms with Crippen LogP contribution in [0.2, 0.25) is 41.3 Å². The molecule has 2 aromatic rings. The van der Waals surface area contributed by atoms with Gasteiger partial charge in [-0.3, -0.25) is 4.79 Å². The lowest BCUT2D eigenvalue weighted by atomic mass is 9.97. The van der Waals surface area contributed by atoms with Gasteiger partial charge in [0.25, 0.3) is 8.32 Å². The van der Waals surface area contributed by atoms with E-state index in [9.17, 15) is 9.90 Å². The molecule has 0 aliphatic carbocycles. The highest BCUT2D eigenvalue weighted by atomic mass is 28.4. The topological polar surface area (TPSA) is 86.8 Å². The maximum Gasteiger partial charge on any atom is 0.306 e. The predicted octanol–water partition coefficient (Wildman–Crippen LogP) is 11.1. The van der Waals surface area contributed by atoms with E-state index in [1.165, 1.54) is 10.4 Å². The number of hydrogen-bond donors (Lipinski definition) is 1. The number of aliphatic hydroxyl groups excluding tert-OH is 1. The SMILES string of the molecule is C=C[C@@H]1O[C@H]1C[C@H](OC(=O)C[C@@H](C)C/C=C/[C@H](O)[C@H](C=C)O[Si](C)(C)C(C)(C)C)[C@H](C[C@@H](C)CO[Si](c1ccccc1)(c1ccccc1)C(C)(C)C)O[Si](C)(C)C(C)(C)C. The number of allylic oxidation sites excluding steroid dienone is 1. The smallest absolute Gasteiger partial charge is 0.306 e. The van der Waals surface area contributed by atoms with Crippen LogP contribution in [0.1, 0.15) is 102 Å². The minimum absolute atomic E-state index is 0.00759. The molecule has 8 atom stereocenters. The second-order valence-electron chi connectivity index (χ2n) is 21.4. The second-order valence-corrected chi connectivity index (χ2v) is 35.2. The molecule has 0 amide bonds. The maximum absolute atomic E-state index is 13.9. The van der Waals surface area contributed by atoms with Crippen LogP contribution in [0, 0.1) is 11.8 Å². The van der Waals surface area contributed by atoms with Crippen LogP contribution in [0.5, 0.6) is 0 Å². The fraction of sp³-hybridized carbons (Fsp3) is 0.620. The molecule has 7 nitrogen and oxygen atoms in total. The van der Waals surface area contributed by atoms with Gasteiger partial charge < -0.3 is 27.9 Å². The number of epoxide rings is 1. The van der Waals surface area contributed by atoms with Crippen molar-refractivity contribution in [3.8, 4) is 0 Å². The summed E-state index contributed by atoms with van der Waals surface area (Å²) in [5.74, 6) is -0.183. The highest BCUT2D eigenvalue weighted by Crippen LogP contribution is 2.42. The molecule has 0 saturated carbocycles. The molecule has 1 heterocycles. The number of carbonyl (C=O) groups is 1. The van der Waals surface area contributed by atoms with Gasteiger partial charge in [0.2, 0.25) is 0 Å². The van der Waals surface area contributed by atoms with Gasteiger partial charge in [-0.05, 0) is 76.4 Å². The van der Waals surface area contributed by atoms with Crippen molar-refractivity contribution in [2.75, 3.05) is 6.61 Å². The van der Waals surface area contributed by atoms with Crippen molar-refractivity contribution in [1.29, 1.82) is 0 Å². The largest absolute Gasteiger partial charge is 0.460 e. The molecule has 0 radical (unpaired) electrons. The molecule has 60 heavy (non-hydrogen) atoms. The summed E-state index contributed by atoms with van der Waals surface area (Å²) < 4.78 is 33.6. The summed E-state index contributed by atoms with van der Waals surface area (Å²) in [6, 6.07) is 21.5. The van der Waals surface area contributed by atoms with Gasteiger partial charge in [0, 0.05) is 19.4 Å². The first-order valence-corrected chi connectivity index (χ1v) is 30.0. The Morgan fingerprint density at radius 1 is 0.783 bits per heavy atom. The van der Waals surface area contributed by atoms with Crippen LogP contribution in [0.4, 0.5) is 0 Å². The summed E-state index contributed by atoms with van der Waals surface area (Å²) in [6.07, 6.45) is 6.90. The Hall–Kier alpha value is -2.42. The van der Waals surface area contributed by atoms with Crippen LogP contribution in [-0.4, -0.2) is 79.3 Å². The Kier molecular flexibility index (Phi) is 18.4. The lowest BCUT2D eigenvalue weighted by Gasteiger charge is -2.44. The summed E-state index contributed by atoms with van der Waals surface area (Å²) in [5, 5.41) is 13.3. The second kappa shape index (κ2) is 21.3. The minimum Gasteiger partial charge on any atom is -0.460 e. The Bertz CT molecular complexity index is 1630. The van der Waals surface area contributed by atoms with E-state index in [4.69, 9.17) is 22.8 Å². The van der Waals surface area contributed by atoms with Crippen LogP contribution in [0.15, 0.2) is 98.1 Å². The Morgan fingerprint density at radius 2 is 1.30 bits per heavy atom. The van der Waals surface area contributed by atoms with Gasteiger partial charge in [-0.1, -0.05) is 161 Å². The minimum atomic E-state index is -2.77. The number of hydrogen-bond acceptors (Lipinski definition) is 7. The highest BCUT2D eigenvalue weighted by molar-refractivity contribution is 6.99. The Balaban J connectivity index is 1.86. The standard InChI is InChI=1S/C50H82O7Si3/c1-18-42(56-58(14,15)48(5,6)7)41(51)32-26-27-37(3)34-47(52)55-45(35-44-43(19-2)54-44)46(57-59(16,17)49(8,9)10)33-38(4)36-53-60(50(11,12)13,39-28-22-20-23-29-39)40-30-24-21-25-31-40/h18-26,28-32,37-38,41-46,51H,1-2,27,33-36H2,3-17H3/b32-26+/t37-,38+,41-,42-,43-,44-,45-,46-/m0/s1. The Labute approximate surface area is 368 Å². The lowest BCUT2D eigenvalue weighted by molar-refractivity contribution is -0.157. The number of rotatable bonds is 23. The molecular weight excluding hydrogens is 797 g/mol. The van der Waals surface area contributed by atoms with Crippen LogP contribution in [0.3, 0.4) is 0 Å². The Morgan fingerprint density at radius 3 is 1.75 bits per heavy atom. The first-order chi connectivity index (χ1) is 27.7. The van der Waals surface area contributed by atoms with Gasteiger partial charge in [0.15, 0.2) is 16.6 Å². The summed E-state index contributed by atoms with van der Waals surface area (Å²) in [7, 11) is -7.21. The van der Waals surface area contributed by atoms with Crippen LogP contribution < -0.4 is 10.4 Å². The quantitative estimate of drug-likeness (QED) is 0.0515. The number of carbonyl (C=O) groups excluding carboxylic acids is 1. The van der Waals surface area contributed by atoms with Crippen molar-refractivity contribution in [1.82, 2.24) is 0 Å². The van der Waals surface area contributed by atoms with Gasteiger partial charge in [-0.25, -0.2) is 0 Å². The molecule has 0 unspecified atom stereocenters. The van der Waals surface area contributed by atoms with Gasteiger partial charge in [-0.2, -0.15) is 0 Å². The van der Waals surface area contributed by atoms with Gasteiger partial charge in [-0.15, -0.1) is 13.2 Å². The van der Waals surface area contributed by atoms with E-state index in [1.54, 1.807) is 12.2 Å². The molecule has 1 aliphatic heterocycles. The molecule has 0 aromatic heterocycles. The molecule has 336 valence electrons. The average molecular weight is 879 g/mol. The van der Waals surface area contributed by atoms with Crippen molar-refractivity contribution in [2.45, 2.75) is 180 Å². The highest BCUT2D eigenvalue weighted by Gasteiger charge is 2.51. The van der Waals surface area contributed by atoms with Gasteiger partial charge in [0.05, 0.1) is 18.3 Å². The molecule has 0 spiro atoms. The fourth-order valence-electron chi connectivity index (χ4n) is 7.30. The van der Waals surface area contributed by atoms with Crippen molar-refractivity contribution < 1.29 is 32.7 Å². The zero-order valence-corrected chi connectivity index (χ0v) is 43.0. The van der Waals surface area contributed by atoms with E-state index in [0.717, 1.165) is 0 Å². The summed E-state index contributed by atoms with van der Waals surface area (Å²) in [4.78, 5) is 13.9. The van der Waals surface area contributed by atoms with E-state index in [-0.39, 0.29) is 57.7 Å². The normalized spacial score (nSPS) is 19.9. The lowest BCUT2D eigenvalue weighted by Crippen LogP contribution is -2.66. The molecular formula is C50H82O7Si3. The third-order valence-electron chi connectivity index (χ3n) is 13.1. The van der Waals surface area contributed by atoms with Crippen LogP contribution in [-0.2, 0) is 27.5 Å². The third kappa shape index (κ3) is 14.0. The van der Waals surface area contributed by atoms with Crippen LogP contribution >= 0.6 is 0 Å². The summed E-state index contributed by atoms with van der Waals surface area (Å²) in [5.41, 5.74) is 0. The molecule has 10 heteroatoms. The zero-order chi connectivity index (χ0) is 45.3. The van der Waals surface area contributed by atoms with Crippen molar-refractivity contribution in [2.24, 2.45) is 11.8 Å². The number of benzene rings is 2. The molecule has 1 saturated heterocycles. The van der Waals surface area contributed by atoms with E-state index >= 15 is 0 Å². The number of aliphatic hydroxyl groups is 1. The third-order valence-corrected chi connectivity index (χ3v) is 27.1. The number of esters is 1. The summed E-state index contributed by atoms with van der Waals surface area (Å²) >= 11 is 0. The van der Waals surface area contributed by atoms with E-state index in [0.29, 0.717) is 25.9 Å². The van der Waals surface area contributed by atoms with Gasteiger partial charge >= 0.3 is 5.97 Å². The predicted molar refractivity (Wildman–Crippen MR) is 259 cm³/mol. The first-order valence-electron chi connectivity index (χ1n) is 22.2. The van der Waals surface area contributed by atoms with Crippen molar-refractivity contribution in [3.63, 3.8) is 0 Å². The first kappa shape index (κ1) is 51.9. The molecule has 3 rings (SSSR count). The fourth-order valence-corrected chi connectivity index (χ4v) is 14.6. The molecule has 1 N–H and O–H groups in total. The average Bonchev–Trinajstić information content (AvgIpc) is 3.90. The van der Waals surface area contributed by atoms with Crippen molar-refractivity contribution >= 4 is 41.3 Å². The van der Waals surface area contributed by atoms with E-state index < -0.39 is 43.3 Å².